The van der Waals surface area contributed by atoms with Crippen molar-refractivity contribution in [2.24, 2.45) is 0 Å². The molecule has 1 N–H and O–H groups in total. The molecule has 1 heterocycles. The molecule has 66 valence electrons. The Hall–Kier alpha value is -0.0800. The van der Waals surface area contributed by atoms with Crippen molar-refractivity contribution >= 4 is 0 Å². The maximum Gasteiger partial charge on any atom is 0.0445 e. The van der Waals surface area contributed by atoms with Gasteiger partial charge in [0, 0.05) is 12.6 Å². The van der Waals surface area contributed by atoms with E-state index in [0.717, 1.165) is 6.42 Å². The van der Waals surface area contributed by atoms with Crippen molar-refractivity contribution in [3.05, 3.63) is 0 Å². The number of nitrogens with zero attached hydrogens (tertiary/aromatic N) is 1. The van der Waals surface area contributed by atoms with Crippen molar-refractivity contribution in [2.75, 3.05) is 19.7 Å². The van der Waals surface area contributed by atoms with Crippen LogP contribution in [0.5, 0.6) is 0 Å². The van der Waals surface area contributed by atoms with E-state index in [1.54, 1.807) is 0 Å². The van der Waals surface area contributed by atoms with Gasteiger partial charge < -0.3 is 10.0 Å². The molecule has 0 radical (unpaired) electrons. The van der Waals surface area contributed by atoms with E-state index in [-0.39, 0.29) is 0 Å². The summed E-state index contributed by atoms with van der Waals surface area (Å²) >= 11 is 0. The Morgan fingerprint density at radius 3 is 2.45 bits per heavy atom. The van der Waals surface area contributed by atoms with Gasteiger partial charge in [0.25, 0.3) is 0 Å². The summed E-state index contributed by atoms with van der Waals surface area (Å²) in [5.41, 5.74) is 0. The van der Waals surface area contributed by atoms with Crippen LogP contribution in [-0.2, 0) is 0 Å². The lowest BCUT2D eigenvalue weighted by molar-refractivity contribution is 0.180. The largest absolute Gasteiger partial charge is 0.396 e. The zero-order valence-corrected chi connectivity index (χ0v) is 7.42. The monoisotopic (exact) mass is 157 g/mol. The molecule has 1 aliphatic heterocycles. The summed E-state index contributed by atoms with van der Waals surface area (Å²) in [6.45, 7) is 5.05. The third-order valence-corrected chi connectivity index (χ3v) is 2.59. The summed E-state index contributed by atoms with van der Waals surface area (Å²) in [4.78, 5) is 2.51. The highest BCUT2D eigenvalue weighted by Crippen LogP contribution is 2.15. The minimum absolute atomic E-state index is 0.342. The molecule has 1 saturated heterocycles. The number of likely N-dealkylation sites (tertiary alicyclic amines) is 1. The average Bonchev–Trinajstić information content (AvgIpc) is 2.52. The van der Waals surface area contributed by atoms with Crippen molar-refractivity contribution in [1.82, 2.24) is 4.90 Å². The summed E-state index contributed by atoms with van der Waals surface area (Å²) in [7, 11) is 0. The molecule has 0 amide bonds. The number of rotatable bonds is 4. The molecule has 1 atom stereocenters. The van der Waals surface area contributed by atoms with Gasteiger partial charge in [-0.15, -0.1) is 0 Å². The zero-order chi connectivity index (χ0) is 8.10. The summed E-state index contributed by atoms with van der Waals surface area (Å²) in [6, 6.07) is 0.641. The molecule has 0 aromatic rings. The second-order valence-electron chi connectivity index (χ2n) is 3.32. The Bertz CT molecular complexity index is 99.7. The standard InChI is InChI=1S/C9H19NO/c1-2-9(5-8-11)10-6-3-4-7-10/h9,11H,2-8H2,1H3. The van der Waals surface area contributed by atoms with E-state index in [1.807, 2.05) is 0 Å². The van der Waals surface area contributed by atoms with Crippen molar-refractivity contribution in [3.63, 3.8) is 0 Å². The SMILES string of the molecule is CCC(CCO)N1CCCC1. The third-order valence-electron chi connectivity index (χ3n) is 2.59. The van der Waals surface area contributed by atoms with Crippen LogP contribution >= 0.6 is 0 Å². The Balaban J connectivity index is 2.27. The predicted molar refractivity (Wildman–Crippen MR) is 46.6 cm³/mol. The van der Waals surface area contributed by atoms with Crippen LogP contribution in [0.4, 0.5) is 0 Å². The van der Waals surface area contributed by atoms with Gasteiger partial charge in [-0.1, -0.05) is 6.92 Å². The van der Waals surface area contributed by atoms with E-state index >= 15 is 0 Å². The summed E-state index contributed by atoms with van der Waals surface area (Å²) < 4.78 is 0. The van der Waals surface area contributed by atoms with Crippen LogP contribution < -0.4 is 0 Å². The summed E-state index contributed by atoms with van der Waals surface area (Å²) in [5.74, 6) is 0. The lowest BCUT2D eigenvalue weighted by Gasteiger charge is -2.25. The van der Waals surface area contributed by atoms with Crippen LogP contribution in [0.25, 0.3) is 0 Å². The molecule has 1 unspecified atom stereocenters. The number of aliphatic hydroxyl groups is 1. The highest BCUT2D eigenvalue weighted by molar-refractivity contribution is 4.74. The van der Waals surface area contributed by atoms with Crippen LogP contribution in [0.1, 0.15) is 32.6 Å². The fourth-order valence-electron chi connectivity index (χ4n) is 1.90. The minimum Gasteiger partial charge on any atom is -0.396 e. The van der Waals surface area contributed by atoms with Gasteiger partial charge in [0.2, 0.25) is 0 Å². The first-order valence-electron chi connectivity index (χ1n) is 4.73. The van der Waals surface area contributed by atoms with Gasteiger partial charge >= 0.3 is 0 Å². The molecule has 2 heteroatoms. The van der Waals surface area contributed by atoms with Crippen molar-refractivity contribution in [2.45, 2.75) is 38.6 Å². The van der Waals surface area contributed by atoms with E-state index in [4.69, 9.17) is 5.11 Å². The molecule has 0 bridgehead atoms. The fourth-order valence-corrected chi connectivity index (χ4v) is 1.90. The van der Waals surface area contributed by atoms with Gasteiger partial charge in [-0.2, -0.15) is 0 Å². The average molecular weight is 157 g/mol. The lowest BCUT2D eigenvalue weighted by Crippen LogP contribution is -2.32. The molecule has 0 saturated carbocycles. The number of aliphatic hydroxyl groups excluding tert-OH is 1. The molecule has 2 nitrogen and oxygen atoms in total. The minimum atomic E-state index is 0.342. The van der Waals surface area contributed by atoms with Crippen LogP contribution in [-0.4, -0.2) is 35.7 Å². The van der Waals surface area contributed by atoms with Crippen LogP contribution in [0, 0.1) is 0 Å². The van der Waals surface area contributed by atoms with Gasteiger partial charge in [0.1, 0.15) is 0 Å². The molecule has 11 heavy (non-hydrogen) atoms. The highest BCUT2D eigenvalue weighted by atomic mass is 16.3. The molecular weight excluding hydrogens is 138 g/mol. The van der Waals surface area contributed by atoms with Crippen LogP contribution in [0.15, 0.2) is 0 Å². The molecular formula is C9H19NO. The molecule has 0 aromatic heterocycles. The maximum atomic E-state index is 8.80. The molecule has 1 aliphatic rings. The first-order chi connectivity index (χ1) is 5.38. The molecule has 0 aliphatic carbocycles. The normalized spacial score (nSPS) is 22.4. The van der Waals surface area contributed by atoms with Crippen LogP contribution in [0.2, 0.25) is 0 Å². The first-order valence-corrected chi connectivity index (χ1v) is 4.73. The second-order valence-corrected chi connectivity index (χ2v) is 3.32. The molecule has 1 rings (SSSR count). The zero-order valence-electron chi connectivity index (χ0n) is 7.42. The van der Waals surface area contributed by atoms with E-state index in [2.05, 4.69) is 11.8 Å². The Kier molecular flexibility index (Phi) is 3.87. The molecule has 1 fully saturated rings. The highest BCUT2D eigenvalue weighted by Gasteiger charge is 2.19. The number of hydrogen-bond acceptors (Lipinski definition) is 2. The Labute approximate surface area is 69.2 Å². The summed E-state index contributed by atoms with van der Waals surface area (Å²) in [6.07, 6.45) is 4.83. The Morgan fingerprint density at radius 1 is 1.36 bits per heavy atom. The van der Waals surface area contributed by atoms with Crippen LogP contribution in [0.3, 0.4) is 0 Å². The fraction of sp³-hybridized carbons (Fsp3) is 1.00. The molecule has 0 aromatic carbocycles. The van der Waals surface area contributed by atoms with Crippen molar-refractivity contribution in [1.29, 1.82) is 0 Å². The van der Waals surface area contributed by atoms with E-state index in [1.165, 1.54) is 32.4 Å². The van der Waals surface area contributed by atoms with Gasteiger partial charge in [-0.3, -0.25) is 0 Å². The quantitative estimate of drug-likeness (QED) is 0.663. The Morgan fingerprint density at radius 2 is 2.00 bits per heavy atom. The topological polar surface area (TPSA) is 23.5 Å². The van der Waals surface area contributed by atoms with Gasteiger partial charge in [0.15, 0.2) is 0 Å². The third kappa shape index (κ3) is 2.46. The van der Waals surface area contributed by atoms with Gasteiger partial charge in [-0.25, -0.2) is 0 Å². The van der Waals surface area contributed by atoms with E-state index in [9.17, 15) is 0 Å². The van der Waals surface area contributed by atoms with E-state index in [0.29, 0.717) is 12.6 Å². The van der Waals surface area contributed by atoms with Gasteiger partial charge in [-0.05, 0) is 38.8 Å². The molecule has 0 spiro atoms. The van der Waals surface area contributed by atoms with Gasteiger partial charge in [0.05, 0.1) is 0 Å². The smallest absolute Gasteiger partial charge is 0.0445 e. The van der Waals surface area contributed by atoms with Crippen molar-refractivity contribution in [3.8, 4) is 0 Å². The first kappa shape index (κ1) is 9.01. The maximum absolute atomic E-state index is 8.80. The van der Waals surface area contributed by atoms with E-state index < -0.39 is 0 Å². The van der Waals surface area contributed by atoms with Crippen molar-refractivity contribution < 1.29 is 5.11 Å². The summed E-state index contributed by atoms with van der Waals surface area (Å²) in [5, 5.41) is 8.80. The number of hydrogen-bond donors (Lipinski definition) is 1. The predicted octanol–water partition coefficient (Wildman–Crippen LogP) is 1.24. The lowest BCUT2D eigenvalue weighted by atomic mass is 10.1. The second kappa shape index (κ2) is 4.73.